The number of hydrogen-bond donors (Lipinski definition) is 2. The summed E-state index contributed by atoms with van der Waals surface area (Å²) in [6.45, 7) is 1.85. The number of rotatable bonds is 7. The van der Waals surface area contributed by atoms with Crippen LogP contribution in [0.25, 0.3) is 5.69 Å². The average Bonchev–Trinajstić information content (AvgIpc) is 3.21. The quantitative estimate of drug-likeness (QED) is 0.679. The molecule has 1 aromatic heterocycles. The van der Waals surface area contributed by atoms with Gasteiger partial charge in [0.1, 0.15) is 0 Å². The van der Waals surface area contributed by atoms with Crippen molar-refractivity contribution in [1.82, 2.24) is 20.2 Å². The van der Waals surface area contributed by atoms with E-state index in [0.29, 0.717) is 6.54 Å². The van der Waals surface area contributed by atoms with E-state index in [1.165, 1.54) is 6.92 Å². The highest BCUT2D eigenvalue weighted by Gasteiger charge is 2.17. The lowest BCUT2D eigenvalue weighted by Gasteiger charge is -2.18. The van der Waals surface area contributed by atoms with Gasteiger partial charge in [0.05, 0.1) is 24.5 Å². The topological polar surface area (TPSA) is 76.0 Å². The molecule has 1 atom stereocenters. The van der Waals surface area contributed by atoms with Crippen LogP contribution in [-0.2, 0) is 16.1 Å². The largest absolute Gasteiger partial charge is 0.352 e. The normalized spacial score (nSPS) is 11.6. The van der Waals surface area contributed by atoms with Crippen LogP contribution in [0, 0.1) is 0 Å². The fourth-order valence-corrected chi connectivity index (χ4v) is 2.95. The van der Waals surface area contributed by atoms with E-state index in [4.69, 9.17) is 0 Å². The zero-order chi connectivity index (χ0) is 19.1. The smallest absolute Gasteiger partial charge is 0.222 e. The van der Waals surface area contributed by atoms with E-state index in [0.717, 1.165) is 16.8 Å². The van der Waals surface area contributed by atoms with Crippen LogP contribution in [0.15, 0.2) is 73.3 Å². The molecule has 138 valence electrons. The van der Waals surface area contributed by atoms with Crippen molar-refractivity contribution in [2.24, 2.45) is 0 Å². The lowest BCUT2D eigenvalue weighted by atomic mass is 10.0. The Morgan fingerprint density at radius 2 is 1.81 bits per heavy atom. The van der Waals surface area contributed by atoms with E-state index in [9.17, 15) is 9.59 Å². The zero-order valence-corrected chi connectivity index (χ0v) is 15.1. The van der Waals surface area contributed by atoms with Gasteiger partial charge in [-0.3, -0.25) is 9.59 Å². The third-order valence-corrected chi connectivity index (χ3v) is 4.22. The Hall–Kier alpha value is -3.41. The number of nitrogens with one attached hydrogen (secondary N) is 2. The number of carbonyl (C=O) groups is 2. The van der Waals surface area contributed by atoms with E-state index in [1.807, 2.05) is 65.4 Å². The first-order valence-electron chi connectivity index (χ1n) is 8.78. The third kappa shape index (κ3) is 5.04. The summed E-state index contributed by atoms with van der Waals surface area (Å²) in [5, 5.41) is 5.80. The van der Waals surface area contributed by atoms with Gasteiger partial charge in [0.25, 0.3) is 0 Å². The Morgan fingerprint density at radius 3 is 2.52 bits per heavy atom. The first-order valence-corrected chi connectivity index (χ1v) is 8.78. The van der Waals surface area contributed by atoms with Gasteiger partial charge in [-0.05, 0) is 17.2 Å². The minimum Gasteiger partial charge on any atom is -0.352 e. The van der Waals surface area contributed by atoms with E-state index >= 15 is 0 Å². The van der Waals surface area contributed by atoms with Gasteiger partial charge in [-0.1, -0.05) is 48.5 Å². The van der Waals surface area contributed by atoms with Gasteiger partial charge in [-0.2, -0.15) is 0 Å². The number of imidazole rings is 1. The van der Waals surface area contributed by atoms with Gasteiger partial charge in [0.15, 0.2) is 0 Å². The maximum absolute atomic E-state index is 12.5. The minimum absolute atomic E-state index is 0.127. The summed E-state index contributed by atoms with van der Waals surface area (Å²) in [5.74, 6) is -0.292. The predicted octanol–water partition coefficient (Wildman–Crippen LogP) is 2.76. The number of hydrogen-bond acceptors (Lipinski definition) is 3. The van der Waals surface area contributed by atoms with Gasteiger partial charge in [0.2, 0.25) is 11.8 Å². The molecule has 0 aliphatic rings. The maximum Gasteiger partial charge on any atom is 0.222 e. The lowest BCUT2D eigenvalue weighted by molar-refractivity contribution is -0.122. The van der Waals surface area contributed by atoms with Crippen molar-refractivity contribution in [2.45, 2.75) is 25.9 Å². The summed E-state index contributed by atoms with van der Waals surface area (Å²) in [7, 11) is 0. The summed E-state index contributed by atoms with van der Waals surface area (Å²) >= 11 is 0. The number of aromatic nitrogens is 2. The standard InChI is InChI=1S/C21H22N4O2/c1-16(26)24-19(17-7-3-2-4-8-17)13-21(27)23-14-18-9-5-6-10-20(18)25-12-11-22-15-25/h2-12,15,19H,13-14H2,1H3,(H,23,27)(H,24,26). The molecule has 0 spiro atoms. The highest BCUT2D eigenvalue weighted by molar-refractivity contribution is 5.79. The van der Waals surface area contributed by atoms with Crippen molar-refractivity contribution in [2.75, 3.05) is 0 Å². The Bertz CT molecular complexity index is 892. The van der Waals surface area contributed by atoms with E-state index in [1.54, 1.807) is 12.5 Å². The molecule has 0 saturated heterocycles. The fraction of sp³-hybridized carbons (Fsp3) is 0.190. The summed E-state index contributed by atoms with van der Waals surface area (Å²) in [6.07, 6.45) is 5.48. The average molecular weight is 362 g/mol. The highest BCUT2D eigenvalue weighted by atomic mass is 16.2. The summed E-state index contributed by atoms with van der Waals surface area (Å²) in [6, 6.07) is 17.0. The molecule has 0 radical (unpaired) electrons. The van der Waals surface area contributed by atoms with E-state index < -0.39 is 0 Å². The molecular formula is C21H22N4O2. The maximum atomic E-state index is 12.5. The van der Waals surface area contributed by atoms with E-state index in [-0.39, 0.29) is 24.3 Å². The zero-order valence-electron chi connectivity index (χ0n) is 15.1. The van der Waals surface area contributed by atoms with Crippen LogP contribution in [-0.4, -0.2) is 21.4 Å². The third-order valence-electron chi connectivity index (χ3n) is 4.22. The molecule has 3 rings (SSSR count). The van der Waals surface area contributed by atoms with Gasteiger partial charge in [-0.25, -0.2) is 4.98 Å². The summed E-state index contributed by atoms with van der Waals surface area (Å²) in [5.41, 5.74) is 2.86. The second kappa shape index (κ2) is 8.80. The molecule has 0 bridgehead atoms. The molecule has 1 heterocycles. The molecule has 6 heteroatoms. The van der Waals surface area contributed by atoms with Gasteiger partial charge >= 0.3 is 0 Å². The molecule has 6 nitrogen and oxygen atoms in total. The Morgan fingerprint density at radius 1 is 1.07 bits per heavy atom. The molecule has 0 aliphatic carbocycles. The highest BCUT2D eigenvalue weighted by Crippen LogP contribution is 2.17. The van der Waals surface area contributed by atoms with Gasteiger partial charge < -0.3 is 15.2 Å². The van der Waals surface area contributed by atoms with Crippen LogP contribution >= 0.6 is 0 Å². The van der Waals surface area contributed by atoms with Crippen molar-refractivity contribution >= 4 is 11.8 Å². The van der Waals surface area contributed by atoms with Crippen molar-refractivity contribution in [3.8, 4) is 5.69 Å². The fourth-order valence-electron chi connectivity index (χ4n) is 2.95. The van der Waals surface area contributed by atoms with Crippen molar-refractivity contribution in [3.63, 3.8) is 0 Å². The second-order valence-electron chi connectivity index (χ2n) is 6.24. The van der Waals surface area contributed by atoms with Crippen molar-refractivity contribution in [1.29, 1.82) is 0 Å². The van der Waals surface area contributed by atoms with Crippen LogP contribution in [0.1, 0.15) is 30.5 Å². The first-order chi connectivity index (χ1) is 13.1. The lowest BCUT2D eigenvalue weighted by Crippen LogP contribution is -2.32. The number of carbonyl (C=O) groups excluding carboxylic acids is 2. The van der Waals surface area contributed by atoms with Gasteiger partial charge in [-0.15, -0.1) is 0 Å². The molecule has 2 aromatic carbocycles. The summed E-state index contributed by atoms with van der Waals surface area (Å²) in [4.78, 5) is 28.1. The van der Waals surface area contributed by atoms with E-state index in [2.05, 4.69) is 15.6 Å². The molecule has 0 fully saturated rings. The SMILES string of the molecule is CC(=O)NC(CC(=O)NCc1ccccc1-n1ccnc1)c1ccccc1. The number of para-hydroxylation sites is 1. The van der Waals surface area contributed by atoms with Crippen LogP contribution in [0.4, 0.5) is 0 Å². The van der Waals surface area contributed by atoms with Crippen LogP contribution in [0.3, 0.4) is 0 Å². The van der Waals surface area contributed by atoms with Crippen LogP contribution in [0.2, 0.25) is 0 Å². The van der Waals surface area contributed by atoms with Crippen LogP contribution in [0.5, 0.6) is 0 Å². The molecular weight excluding hydrogens is 340 g/mol. The molecule has 1 unspecified atom stereocenters. The first kappa shape index (κ1) is 18.4. The molecule has 2 amide bonds. The van der Waals surface area contributed by atoms with Crippen molar-refractivity contribution in [3.05, 3.63) is 84.4 Å². The van der Waals surface area contributed by atoms with Gasteiger partial charge in [0, 0.05) is 25.9 Å². The number of nitrogens with zero attached hydrogens (tertiary/aromatic N) is 2. The minimum atomic E-state index is -0.354. The second-order valence-corrected chi connectivity index (χ2v) is 6.24. The summed E-state index contributed by atoms with van der Waals surface area (Å²) < 4.78 is 1.91. The van der Waals surface area contributed by atoms with Crippen LogP contribution < -0.4 is 10.6 Å². The predicted molar refractivity (Wildman–Crippen MR) is 103 cm³/mol. The molecule has 0 saturated carbocycles. The number of amides is 2. The molecule has 27 heavy (non-hydrogen) atoms. The Kier molecular flexibility index (Phi) is 5.99. The Balaban J connectivity index is 1.66. The molecule has 0 aliphatic heterocycles. The molecule has 3 aromatic rings. The monoisotopic (exact) mass is 362 g/mol. The molecule has 2 N–H and O–H groups in total. The Labute approximate surface area is 158 Å². The van der Waals surface area contributed by atoms with Crippen molar-refractivity contribution < 1.29 is 9.59 Å². The number of benzene rings is 2.